The molecule has 1 aromatic rings. The van der Waals surface area contributed by atoms with Crippen molar-refractivity contribution in [3.05, 3.63) is 35.9 Å². The van der Waals surface area contributed by atoms with Crippen LogP contribution in [0.1, 0.15) is 5.56 Å². The predicted molar refractivity (Wildman–Crippen MR) is 62.9 cm³/mol. The number of rotatable bonds is 8. The summed E-state index contributed by atoms with van der Waals surface area (Å²) < 4.78 is 5.39. The predicted octanol–water partition coefficient (Wildman–Crippen LogP) is 1.01. The van der Waals surface area contributed by atoms with E-state index in [4.69, 9.17) is 4.74 Å². The van der Waals surface area contributed by atoms with Gasteiger partial charge in [0.25, 0.3) is 0 Å². The van der Waals surface area contributed by atoms with Gasteiger partial charge in [0.2, 0.25) is 0 Å². The maximum atomic E-state index is 5.39. The summed E-state index contributed by atoms with van der Waals surface area (Å²) in [5.74, 6) is 0. The Labute approximate surface area is 91.8 Å². The second-order valence-corrected chi connectivity index (χ2v) is 3.38. The third-order valence-electron chi connectivity index (χ3n) is 2.09. The summed E-state index contributed by atoms with van der Waals surface area (Å²) in [5, 5.41) is 6.37. The Morgan fingerprint density at radius 3 is 2.53 bits per heavy atom. The molecule has 1 rings (SSSR count). The summed E-state index contributed by atoms with van der Waals surface area (Å²) in [6.45, 7) is 4.28. The van der Waals surface area contributed by atoms with Crippen molar-refractivity contribution >= 4 is 0 Å². The van der Waals surface area contributed by atoms with Crippen molar-refractivity contribution < 1.29 is 4.74 Å². The Morgan fingerprint density at radius 1 is 1.07 bits per heavy atom. The van der Waals surface area contributed by atoms with E-state index in [1.807, 2.05) is 13.1 Å². The van der Waals surface area contributed by atoms with Crippen LogP contribution in [-0.2, 0) is 11.3 Å². The third-order valence-corrected chi connectivity index (χ3v) is 2.09. The van der Waals surface area contributed by atoms with Gasteiger partial charge in [0.1, 0.15) is 0 Å². The van der Waals surface area contributed by atoms with Crippen molar-refractivity contribution in [2.75, 3.05) is 33.4 Å². The Bertz CT molecular complexity index is 239. The van der Waals surface area contributed by atoms with Crippen LogP contribution in [0.4, 0.5) is 0 Å². The number of nitrogens with one attached hydrogen (secondary N) is 2. The standard InChI is InChI=1S/C12H20N2O/c1-13-7-9-15-10-8-14-11-12-5-3-2-4-6-12/h2-6,13-14H,7-11H2,1H3. The van der Waals surface area contributed by atoms with Gasteiger partial charge in [-0.05, 0) is 12.6 Å². The van der Waals surface area contributed by atoms with Gasteiger partial charge in [-0.15, -0.1) is 0 Å². The van der Waals surface area contributed by atoms with Crippen molar-refractivity contribution in [1.29, 1.82) is 0 Å². The van der Waals surface area contributed by atoms with E-state index in [0.717, 1.165) is 32.8 Å². The van der Waals surface area contributed by atoms with E-state index < -0.39 is 0 Å². The SMILES string of the molecule is CNCCOCCNCc1ccccc1. The molecule has 2 N–H and O–H groups in total. The van der Waals surface area contributed by atoms with Gasteiger partial charge in [0, 0.05) is 19.6 Å². The highest BCUT2D eigenvalue weighted by atomic mass is 16.5. The fourth-order valence-corrected chi connectivity index (χ4v) is 1.25. The first-order valence-corrected chi connectivity index (χ1v) is 5.40. The Morgan fingerprint density at radius 2 is 1.80 bits per heavy atom. The van der Waals surface area contributed by atoms with Gasteiger partial charge >= 0.3 is 0 Å². The summed E-state index contributed by atoms with van der Waals surface area (Å²) in [7, 11) is 1.93. The Kier molecular flexibility index (Phi) is 6.83. The minimum Gasteiger partial charge on any atom is -0.379 e. The second-order valence-electron chi connectivity index (χ2n) is 3.38. The van der Waals surface area contributed by atoms with Crippen LogP contribution in [0.25, 0.3) is 0 Å². The molecule has 0 heterocycles. The van der Waals surface area contributed by atoms with Crippen molar-refractivity contribution in [2.45, 2.75) is 6.54 Å². The van der Waals surface area contributed by atoms with Gasteiger partial charge in [-0.2, -0.15) is 0 Å². The summed E-state index contributed by atoms with van der Waals surface area (Å²) in [6.07, 6.45) is 0. The topological polar surface area (TPSA) is 33.3 Å². The van der Waals surface area contributed by atoms with E-state index in [9.17, 15) is 0 Å². The molecule has 0 saturated heterocycles. The first-order chi connectivity index (χ1) is 7.43. The van der Waals surface area contributed by atoms with Crippen LogP contribution in [0, 0.1) is 0 Å². The Hall–Kier alpha value is -0.900. The lowest BCUT2D eigenvalue weighted by atomic mass is 10.2. The Balaban J connectivity index is 1.93. The van der Waals surface area contributed by atoms with Gasteiger partial charge < -0.3 is 15.4 Å². The van der Waals surface area contributed by atoms with Crippen LogP contribution in [0.15, 0.2) is 30.3 Å². The van der Waals surface area contributed by atoms with Crippen molar-refractivity contribution in [3.63, 3.8) is 0 Å². The monoisotopic (exact) mass is 208 g/mol. The lowest BCUT2D eigenvalue weighted by molar-refractivity contribution is 0.139. The molecule has 15 heavy (non-hydrogen) atoms. The van der Waals surface area contributed by atoms with E-state index in [1.165, 1.54) is 5.56 Å². The number of benzene rings is 1. The van der Waals surface area contributed by atoms with Crippen LogP contribution < -0.4 is 10.6 Å². The number of likely N-dealkylation sites (N-methyl/N-ethyl adjacent to an activating group) is 1. The molecule has 0 aliphatic carbocycles. The molecule has 0 saturated carbocycles. The summed E-state index contributed by atoms with van der Waals surface area (Å²) in [5.41, 5.74) is 1.31. The quantitative estimate of drug-likeness (QED) is 0.626. The van der Waals surface area contributed by atoms with Crippen LogP contribution in [0.3, 0.4) is 0 Å². The van der Waals surface area contributed by atoms with Crippen LogP contribution >= 0.6 is 0 Å². The maximum absolute atomic E-state index is 5.39. The zero-order valence-electron chi connectivity index (χ0n) is 9.33. The molecule has 0 atom stereocenters. The number of hydrogen-bond donors (Lipinski definition) is 2. The average molecular weight is 208 g/mol. The molecule has 0 radical (unpaired) electrons. The zero-order valence-corrected chi connectivity index (χ0v) is 9.33. The molecule has 0 aromatic heterocycles. The molecule has 1 aromatic carbocycles. The van der Waals surface area contributed by atoms with Gasteiger partial charge in [0.05, 0.1) is 13.2 Å². The minimum absolute atomic E-state index is 0.772. The van der Waals surface area contributed by atoms with Crippen molar-refractivity contribution in [3.8, 4) is 0 Å². The van der Waals surface area contributed by atoms with Gasteiger partial charge in [0.15, 0.2) is 0 Å². The van der Waals surface area contributed by atoms with E-state index >= 15 is 0 Å². The zero-order chi connectivity index (χ0) is 10.8. The molecule has 0 fully saturated rings. The van der Waals surface area contributed by atoms with E-state index in [1.54, 1.807) is 0 Å². The summed E-state index contributed by atoms with van der Waals surface area (Å²) >= 11 is 0. The van der Waals surface area contributed by atoms with E-state index in [0.29, 0.717) is 0 Å². The largest absolute Gasteiger partial charge is 0.379 e. The lowest BCUT2D eigenvalue weighted by Crippen LogP contribution is -2.21. The fraction of sp³-hybridized carbons (Fsp3) is 0.500. The molecule has 0 unspecified atom stereocenters. The molecule has 3 nitrogen and oxygen atoms in total. The molecule has 84 valence electrons. The van der Waals surface area contributed by atoms with Crippen LogP contribution in [-0.4, -0.2) is 33.4 Å². The molecular weight excluding hydrogens is 188 g/mol. The molecule has 0 aliphatic rings. The highest BCUT2D eigenvalue weighted by molar-refractivity contribution is 5.14. The summed E-state index contributed by atoms with van der Waals surface area (Å²) in [6, 6.07) is 10.4. The summed E-state index contributed by atoms with van der Waals surface area (Å²) in [4.78, 5) is 0. The van der Waals surface area contributed by atoms with Crippen molar-refractivity contribution in [1.82, 2.24) is 10.6 Å². The molecule has 0 amide bonds. The minimum atomic E-state index is 0.772. The van der Waals surface area contributed by atoms with Gasteiger partial charge in [-0.25, -0.2) is 0 Å². The highest BCUT2D eigenvalue weighted by Gasteiger charge is 1.90. The third kappa shape index (κ3) is 6.23. The smallest absolute Gasteiger partial charge is 0.0591 e. The van der Waals surface area contributed by atoms with Gasteiger partial charge in [-0.1, -0.05) is 30.3 Å². The van der Waals surface area contributed by atoms with Crippen LogP contribution in [0.5, 0.6) is 0 Å². The van der Waals surface area contributed by atoms with E-state index in [-0.39, 0.29) is 0 Å². The number of ether oxygens (including phenoxy) is 1. The lowest BCUT2D eigenvalue weighted by Gasteiger charge is -2.05. The number of hydrogen-bond acceptors (Lipinski definition) is 3. The fourth-order valence-electron chi connectivity index (χ4n) is 1.25. The second kappa shape index (κ2) is 8.41. The van der Waals surface area contributed by atoms with Crippen LogP contribution in [0.2, 0.25) is 0 Å². The molecule has 0 spiro atoms. The molecule has 0 bridgehead atoms. The first-order valence-electron chi connectivity index (χ1n) is 5.40. The average Bonchev–Trinajstić information content (AvgIpc) is 2.29. The van der Waals surface area contributed by atoms with E-state index in [2.05, 4.69) is 34.9 Å². The molecule has 3 heteroatoms. The first kappa shape index (κ1) is 12.2. The molecular formula is C12H20N2O. The van der Waals surface area contributed by atoms with Crippen molar-refractivity contribution in [2.24, 2.45) is 0 Å². The highest BCUT2D eigenvalue weighted by Crippen LogP contribution is 1.96. The maximum Gasteiger partial charge on any atom is 0.0591 e. The normalized spacial score (nSPS) is 10.5. The van der Waals surface area contributed by atoms with Gasteiger partial charge in [-0.3, -0.25) is 0 Å². The molecule has 0 aliphatic heterocycles.